The van der Waals surface area contributed by atoms with Gasteiger partial charge in [0.25, 0.3) is 0 Å². The van der Waals surface area contributed by atoms with E-state index in [9.17, 15) is 4.79 Å². The molecular formula is C22H22N2O3S. The van der Waals surface area contributed by atoms with E-state index in [2.05, 4.69) is 6.07 Å². The lowest BCUT2D eigenvalue weighted by Gasteiger charge is -2.34. The molecule has 2 aliphatic heterocycles. The van der Waals surface area contributed by atoms with Gasteiger partial charge in [0.2, 0.25) is 5.91 Å². The fourth-order valence-corrected chi connectivity index (χ4v) is 5.11. The third-order valence-electron chi connectivity index (χ3n) is 5.38. The maximum Gasteiger partial charge on any atom is 0.227 e. The van der Waals surface area contributed by atoms with Gasteiger partial charge in [0, 0.05) is 6.54 Å². The largest absolute Gasteiger partial charge is 0.486 e. The standard InChI is InChI=1S/C22H22N2O3S/c25-21(14-15-8-9-18-19(13-15)27-12-11-26-18)24-10-4-3-6-17(24)22-23-16-5-1-2-7-20(16)28-22/h1-2,5,7-9,13,17H,3-4,6,10-12,14H2/t17-/m0/s1. The van der Waals surface area contributed by atoms with Gasteiger partial charge in [-0.2, -0.15) is 0 Å². The number of thiazole rings is 1. The third-order valence-corrected chi connectivity index (χ3v) is 6.52. The molecule has 1 aromatic heterocycles. The zero-order valence-electron chi connectivity index (χ0n) is 15.6. The average molecular weight is 394 g/mol. The Balaban J connectivity index is 1.37. The van der Waals surface area contributed by atoms with Crippen LogP contribution in [0.3, 0.4) is 0 Å². The second-order valence-corrected chi connectivity index (χ2v) is 8.34. The van der Waals surface area contributed by atoms with Crippen LogP contribution in [0.2, 0.25) is 0 Å². The Morgan fingerprint density at radius 2 is 1.96 bits per heavy atom. The molecule has 0 spiro atoms. The van der Waals surface area contributed by atoms with Crippen LogP contribution in [-0.4, -0.2) is 35.5 Å². The van der Waals surface area contributed by atoms with Crippen LogP contribution >= 0.6 is 11.3 Å². The van der Waals surface area contributed by atoms with E-state index in [4.69, 9.17) is 14.5 Å². The molecule has 0 saturated carbocycles. The van der Waals surface area contributed by atoms with Gasteiger partial charge in [0.15, 0.2) is 11.5 Å². The van der Waals surface area contributed by atoms with Gasteiger partial charge in [0.05, 0.1) is 22.7 Å². The second-order valence-electron chi connectivity index (χ2n) is 7.27. The molecular weight excluding hydrogens is 372 g/mol. The van der Waals surface area contributed by atoms with E-state index in [1.54, 1.807) is 11.3 Å². The van der Waals surface area contributed by atoms with Gasteiger partial charge in [0.1, 0.15) is 18.2 Å². The second kappa shape index (κ2) is 7.43. The fraction of sp³-hybridized carbons (Fsp3) is 0.364. The molecule has 3 aromatic rings. The van der Waals surface area contributed by atoms with Crippen LogP contribution in [0.15, 0.2) is 42.5 Å². The number of para-hydroxylation sites is 1. The average Bonchev–Trinajstić information content (AvgIpc) is 3.18. The number of nitrogens with zero attached hydrogens (tertiary/aromatic N) is 2. The van der Waals surface area contributed by atoms with Gasteiger partial charge in [-0.15, -0.1) is 11.3 Å². The number of piperidine rings is 1. The lowest BCUT2D eigenvalue weighted by molar-refractivity contribution is -0.134. The Hall–Kier alpha value is -2.60. The van der Waals surface area contributed by atoms with E-state index < -0.39 is 0 Å². The molecule has 2 aliphatic rings. The monoisotopic (exact) mass is 394 g/mol. The third kappa shape index (κ3) is 3.33. The number of carbonyl (C=O) groups is 1. The molecule has 0 unspecified atom stereocenters. The summed E-state index contributed by atoms with van der Waals surface area (Å²) in [5.41, 5.74) is 1.98. The molecule has 6 heteroatoms. The molecule has 0 radical (unpaired) electrons. The summed E-state index contributed by atoms with van der Waals surface area (Å²) in [6.45, 7) is 1.92. The van der Waals surface area contributed by atoms with Crippen molar-refractivity contribution in [2.75, 3.05) is 19.8 Å². The van der Waals surface area contributed by atoms with Gasteiger partial charge in [-0.1, -0.05) is 18.2 Å². The number of hydrogen-bond acceptors (Lipinski definition) is 5. The van der Waals surface area contributed by atoms with E-state index in [0.29, 0.717) is 19.6 Å². The number of amides is 1. The van der Waals surface area contributed by atoms with E-state index in [1.807, 2.05) is 41.3 Å². The van der Waals surface area contributed by atoms with E-state index in [0.717, 1.165) is 53.4 Å². The summed E-state index contributed by atoms with van der Waals surface area (Å²) in [5, 5.41) is 1.05. The first-order valence-electron chi connectivity index (χ1n) is 9.81. The highest BCUT2D eigenvalue weighted by Crippen LogP contribution is 2.36. The summed E-state index contributed by atoms with van der Waals surface area (Å²) in [5.74, 6) is 1.64. The van der Waals surface area contributed by atoms with Crippen LogP contribution in [0, 0.1) is 0 Å². The molecule has 1 amide bonds. The fourth-order valence-electron chi connectivity index (χ4n) is 3.99. The summed E-state index contributed by atoms with van der Waals surface area (Å²) in [4.78, 5) is 20.0. The number of aromatic nitrogens is 1. The Morgan fingerprint density at radius 1 is 1.11 bits per heavy atom. The highest BCUT2D eigenvalue weighted by Gasteiger charge is 2.30. The van der Waals surface area contributed by atoms with Crippen LogP contribution in [-0.2, 0) is 11.2 Å². The van der Waals surface area contributed by atoms with Crippen molar-refractivity contribution in [3.05, 3.63) is 53.0 Å². The zero-order chi connectivity index (χ0) is 18.9. The number of fused-ring (bicyclic) bond motifs is 2. The predicted octanol–water partition coefficient (Wildman–Crippen LogP) is 4.36. The predicted molar refractivity (Wildman–Crippen MR) is 109 cm³/mol. The zero-order valence-corrected chi connectivity index (χ0v) is 16.4. The van der Waals surface area contributed by atoms with Crippen molar-refractivity contribution in [3.63, 3.8) is 0 Å². The lowest BCUT2D eigenvalue weighted by atomic mass is 10.0. The van der Waals surface area contributed by atoms with Crippen LogP contribution in [0.5, 0.6) is 11.5 Å². The number of benzene rings is 2. The normalized spacial score (nSPS) is 19.0. The molecule has 1 atom stereocenters. The maximum absolute atomic E-state index is 13.2. The van der Waals surface area contributed by atoms with Crippen molar-refractivity contribution in [2.45, 2.75) is 31.7 Å². The van der Waals surface area contributed by atoms with Crippen LogP contribution in [0.4, 0.5) is 0 Å². The minimum absolute atomic E-state index is 0.0795. The van der Waals surface area contributed by atoms with Gasteiger partial charge >= 0.3 is 0 Å². The maximum atomic E-state index is 13.2. The molecule has 1 fully saturated rings. The molecule has 0 N–H and O–H groups in total. The van der Waals surface area contributed by atoms with Crippen LogP contribution in [0.1, 0.15) is 35.9 Å². The Morgan fingerprint density at radius 3 is 2.86 bits per heavy atom. The van der Waals surface area contributed by atoms with Gasteiger partial charge in [-0.05, 0) is 49.1 Å². The van der Waals surface area contributed by atoms with Crippen molar-refractivity contribution in [3.8, 4) is 11.5 Å². The first kappa shape index (κ1) is 17.5. The summed E-state index contributed by atoms with van der Waals surface area (Å²) < 4.78 is 12.4. The number of ether oxygens (including phenoxy) is 2. The highest BCUT2D eigenvalue weighted by molar-refractivity contribution is 7.18. The van der Waals surface area contributed by atoms with Crippen molar-refractivity contribution in [1.29, 1.82) is 0 Å². The first-order valence-corrected chi connectivity index (χ1v) is 10.6. The molecule has 28 heavy (non-hydrogen) atoms. The molecule has 1 saturated heterocycles. The number of rotatable bonds is 3. The first-order chi connectivity index (χ1) is 13.8. The molecule has 0 aliphatic carbocycles. The SMILES string of the molecule is O=C(Cc1ccc2c(c1)OCCO2)N1CCCC[C@H]1c1nc2ccccc2s1. The Kier molecular flexibility index (Phi) is 4.64. The number of hydrogen-bond donors (Lipinski definition) is 0. The molecule has 5 nitrogen and oxygen atoms in total. The highest BCUT2D eigenvalue weighted by atomic mass is 32.1. The number of carbonyl (C=O) groups excluding carboxylic acids is 1. The number of likely N-dealkylation sites (tertiary alicyclic amines) is 1. The summed E-state index contributed by atoms with van der Waals surface area (Å²) >= 11 is 1.71. The Labute approximate surface area is 167 Å². The minimum atomic E-state index is 0.0795. The molecule has 3 heterocycles. The molecule has 5 rings (SSSR count). The van der Waals surface area contributed by atoms with E-state index in [1.165, 1.54) is 4.70 Å². The molecule has 0 bridgehead atoms. The van der Waals surface area contributed by atoms with Crippen molar-refractivity contribution in [1.82, 2.24) is 9.88 Å². The summed E-state index contributed by atoms with van der Waals surface area (Å²) in [7, 11) is 0. The summed E-state index contributed by atoms with van der Waals surface area (Å²) in [6.07, 6.45) is 3.54. The van der Waals surface area contributed by atoms with Crippen molar-refractivity contribution < 1.29 is 14.3 Å². The van der Waals surface area contributed by atoms with Crippen molar-refractivity contribution in [2.24, 2.45) is 0 Å². The van der Waals surface area contributed by atoms with Gasteiger partial charge < -0.3 is 14.4 Å². The summed E-state index contributed by atoms with van der Waals surface area (Å²) in [6, 6.07) is 14.1. The molecule has 2 aromatic carbocycles. The van der Waals surface area contributed by atoms with Crippen molar-refractivity contribution >= 4 is 27.5 Å². The van der Waals surface area contributed by atoms with Crippen LogP contribution in [0.25, 0.3) is 10.2 Å². The van der Waals surface area contributed by atoms with E-state index in [-0.39, 0.29) is 11.9 Å². The van der Waals surface area contributed by atoms with Gasteiger partial charge in [-0.25, -0.2) is 4.98 Å². The van der Waals surface area contributed by atoms with E-state index >= 15 is 0 Å². The quantitative estimate of drug-likeness (QED) is 0.662. The Bertz CT molecular complexity index is 983. The van der Waals surface area contributed by atoms with Gasteiger partial charge in [-0.3, -0.25) is 4.79 Å². The smallest absolute Gasteiger partial charge is 0.227 e. The lowest BCUT2D eigenvalue weighted by Crippen LogP contribution is -2.39. The topological polar surface area (TPSA) is 51.7 Å². The molecule has 144 valence electrons. The van der Waals surface area contributed by atoms with Crippen LogP contribution < -0.4 is 9.47 Å². The minimum Gasteiger partial charge on any atom is -0.486 e.